The van der Waals surface area contributed by atoms with Crippen LogP contribution in [0.3, 0.4) is 0 Å². The maximum absolute atomic E-state index is 13.2. The van der Waals surface area contributed by atoms with E-state index in [4.69, 9.17) is 0 Å². The van der Waals surface area contributed by atoms with Crippen molar-refractivity contribution in [1.82, 2.24) is 0 Å². The third-order valence-electron chi connectivity index (χ3n) is 2.68. The highest BCUT2D eigenvalue weighted by molar-refractivity contribution is 5.98. The van der Waals surface area contributed by atoms with Crippen molar-refractivity contribution in [2.24, 2.45) is 0 Å². The summed E-state index contributed by atoms with van der Waals surface area (Å²) < 4.78 is 126. The molecule has 1 amide bonds. The van der Waals surface area contributed by atoms with Crippen LogP contribution < -0.4 is 4.90 Å². The Hall–Kier alpha value is -2.01. The van der Waals surface area contributed by atoms with Gasteiger partial charge in [-0.3, -0.25) is 4.79 Å². The lowest BCUT2D eigenvalue weighted by Gasteiger charge is -2.30. The summed E-state index contributed by atoms with van der Waals surface area (Å²) in [4.78, 5) is 10.7. The van der Waals surface area contributed by atoms with Crippen LogP contribution in [0.5, 0.6) is 0 Å². The van der Waals surface area contributed by atoms with Gasteiger partial charge in [-0.05, 0) is 0 Å². The molecule has 0 aliphatic rings. The molecule has 2 nitrogen and oxygen atoms in total. The molecule has 0 aliphatic heterocycles. The molecular weight excluding hydrogens is 352 g/mol. The second-order valence-electron chi connectivity index (χ2n) is 4.23. The van der Waals surface area contributed by atoms with Gasteiger partial charge in [-0.15, -0.1) is 0 Å². The van der Waals surface area contributed by atoms with Gasteiger partial charge in [0.25, 0.3) is 0 Å². The summed E-state index contributed by atoms with van der Waals surface area (Å²) in [5.74, 6) is -22.1. The van der Waals surface area contributed by atoms with Gasteiger partial charge >= 0.3 is 23.9 Å². The number of rotatable bonds is 3. The Morgan fingerprint density at radius 3 is 1.65 bits per heavy atom. The molecule has 0 radical (unpaired) electrons. The average Bonchev–Trinajstić information content (AvgIpc) is 2.40. The molecule has 130 valence electrons. The number of carbonyl (C=O) groups excluding carboxylic acids is 1. The van der Waals surface area contributed by atoms with E-state index < -0.39 is 52.0 Å². The number of hydrogen-bond acceptors (Lipinski definition) is 1. The molecule has 0 fully saturated rings. The lowest BCUT2D eigenvalue weighted by atomic mass is 10.1. The lowest BCUT2D eigenvalue weighted by molar-refractivity contribution is -0.343. The van der Waals surface area contributed by atoms with E-state index in [1.165, 1.54) is 0 Å². The monoisotopic (exact) mass is 357 g/mol. The van der Waals surface area contributed by atoms with E-state index in [1.54, 1.807) is 0 Å². The number of alkyl halides is 7. The van der Waals surface area contributed by atoms with Gasteiger partial charge in [-0.2, -0.15) is 30.7 Å². The van der Waals surface area contributed by atoms with Crippen molar-refractivity contribution in [3.63, 3.8) is 0 Å². The van der Waals surface area contributed by atoms with Crippen LogP contribution in [-0.4, -0.2) is 31.0 Å². The fraction of sp³-hybridized carbons (Fsp3) is 0.364. The zero-order chi connectivity index (χ0) is 18.4. The molecule has 0 bridgehead atoms. The molecule has 0 aliphatic carbocycles. The zero-order valence-electron chi connectivity index (χ0n) is 10.8. The fourth-order valence-corrected chi connectivity index (χ4v) is 1.38. The summed E-state index contributed by atoms with van der Waals surface area (Å²) in [5, 5.41) is 0. The molecule has 0 atom stereocenters. The van der Waals surface area contributed by atoms with Gasteiger partial charge in [0.15, 0.2) is 17.5 Å². The molecule has 1 aromatic carbocycles. The second kappa shape index (κ2) is 5.57. The quantitative estimate of drug-likeness (QED) is 0.594. The van der Waals surface area contributed by atoms with Crippen molar-refractivity contribution < 1.29 is 48.7 Å². The summed E-state index contributed by atoms with van der Waals surface area (Å²) in [6.45, 7) is 0. The first-order valence-electron chi connectivity index (χ1n) is 5.39. The van der Waals surface area contributed by atoms with Crippen LogP contribution in [0, 0.1) is 17.5 Å². The lowest BCUT2D eigenvalue weighted by Crippen LogP contribution is -2.59. The van der Waals surface area contributed by atoms with Gasteiger partial charge < -0.3 is 4.90 Å². The normalized spacial score (nSPS) is 13.2. The van der Waals surface area contributed by atoms with Crippen molar-refractivity contribution in [3.05, 3.63) is 29.6 Å². The second-order valence-corrected chi connectivity index (χ2v) is 4.23. The van der Waals surface area contributed by atoms with E-state index in [1.807, 2.05) is 0 Å². The highest BCUT2D eigenvalue weighted by Crippen LogP contribution is 2.47. The predicted octanol–water partition coefficient (Wildman–Crippen LogP) is 3.90. The smallest absolute Gasteiger partial charge is 0.310 e. The van der Waals surface area contributed by atoms with Crippen molar-refractivity contribution in [2.45, 2.75) is 18.0 Å². The van der Waals surface area contributed by atoms with Gasteiger partial charge in [0.1, 0.15) is 0 Å². The van der Waals surface area contributed by atoms with Crippen molar-refractivity contribution in [2.75, 3.05) is 11.9 Å². The van der Waals surface area contributed by atoms with Gasteiger partial charge in [0.05, 0.1) is 0 Å². The molecule has 0 heterocycles. The van der Waals surface area contributed by atoms with Crippen LogP contribution in [-0.2, 0) is 4.79 Å². The molecule has 0 N–H and O–H groups in total. The van der Waals surface area contributed by atoms with E-state index >= 15 is 0 Å². The Morgan fingerprint density at radius 1 is 0.913 bits per heavy atom. The number of carbonyl (C=O) groups is 1. The third-order valence-corrected chi connectivity index (χ3v) is 2.68. The molecule has 0 saturated carbocycles. The number of halogens is 10. The molecule has 0 unspecified atom stereocenters. The molecule has 0 spiro atoms. The number of amides is 1. The maximum atomic E-state index is 13.2. The van der Waals surface area contributed by atoms with Gasteiger partial charge in [-0.25, -0.2) is 13.2 Å². The molecule has 1 aromatic rings. The highest BCUT2D eigenvalue weighted by Gasteiger charge is 2.76. The minimum Gasteiger partial charge on any atom is -0.310 e. The van der Waals surface area contributed by atoms with Crippen molar-refractivity contribution >= 4 is 11.6 Å². The molecule has 12 heteroatoms. The molecule has 1 rings (SSSR count). The Bertz CT molecular complexity index is 601. The van der Waals surface area contributed by atoms with Crippen molar-refractivity contribution in [3.8, 4) is 0 Å². The number of anilines is 1. The van der Waals surface area contributed by atoms with Crippen LogP contribution in [0.15, 0.2) is 12.1 Å². The van der Waals surface area contributed by atoms with E-state index in [2.05, 4.69) is 0 Å². The first-order chi connectivity index (χ1) is 10.1. The summed E-state index contributed by atoms with van der Waals surface area (Å²) in [5.41, 5.74) is -1.19. The molecular formula is C11H5F10NO. The van der Waals surface area contributed by atoms with Crippen LogP contribution in [0.25, 0.3) is 0 Å². The van der Waals surface area contributed by atoms with Gasteiger partial charge in [0.2, 0.25) is 0 Å². The standard InChI is InChI=1S/C11H5F10NO/c1-22(4-2-5(12)7(14)6(13)3-4)8(23)9(15,16)10(17,18)11(19,20)21/h2-3H,1H3. The Balaban J connectivity index is 3.28. The molecule has 0 saturated heterocycles. The highest BCUT2D eigenvalue weighted by atomic mass is 19.4. The number of benzene rings is 1. The van der Waals surface area contributed by atoms with Crippen molar-refractivity contribution in [1.29, 1.82) is 0 Å². The summed E-state index contributed by atoms with van der Waals surface area (Å²) in [6.07, 6.45) is -6.76. The first-order valence-corrected chi connectivity index (χ1v) is 5.39. The largest absolute Gasteiger partial charge is 0.460 e. The predicted molar refractivity (Wildman–Crippen MR) is 55.7 cm³/mol. The van der Waals surface area contributed by atoms with E-state index in [-0.39, 0.29) is 19.2 Å². The van der Waals surface area contributed by atoms with E-state index in [0.717, 1.165) is 0 Å². The van der Waals surface area contributed by atoms with Crippen LogP contribution in [0.4, 0.5) is 49.6 Å². The molecule has 23 heavy (non-hydrogen) atoms. The minimum atomic E-state index is -6.76. The SMILES string of the molecule is CN(C(=O)C(F)(F)C(F)(F)C(F)(F)F)c1cc(F)c(F)c(F)c1. The van der Waals surface area contributed by atoms with E-state index in [0.29, 0.717) is 0 Å². The summed E-state index contributed by atoms with van der Waals surface area (Å²) in [6, 6.07) is -0.0593. The summed E-state index contributed by atoms with van der Waals surface area (Å²) in [7, 11) is 0.259. The molecule has 0 aromatic heterocycles. The summed E-state index contributed by atoms with van der Waals surface area (Å²) >= 11 is 0. The van der Waals surface area contributed by atoms with E-state index in [9.17, 15) is 48.7 Å². The Labute approximate surface area is 121 Å². The topological polar surface area (TPSA) is 20.3 Å². The third kappa shape index (κ3) is 3.06. The maximum Gasteiger partial charge on any atom is 0.460 e. The minimum absolute atomic E-state index is 0.0296. The zero-order valence-corrected chi connectivity index (χ0v) is 10.8. The van der Waals surface area contributed by atoms with Crippen LogP contribution in [0.2, 0.25) is 0 Å². The van der Waals surface area contributed by atoms with Gasteiger partial charge in [0, 0.05) is 24.9 Å². The van der Waals surface area contributed by atoms with Crippen LogP contribution >= 0.6 is 0 Å². The Kier molecular flexibility index (Phi) is 4.61. The fourth-order valence-electron chi connectivity index (χ4n) is 1.38. The number of hydrogen-bond donors (Lipinski definition) is 0. The van der Waals surface area contributed by atoms with Gasteiger partial charge in [-0.1, -0.05) is 0 Å². The van der Waals surface area contributed by atoms with Crippen LogP contribution in [0.1, 0.15) is 0 Å². The number of nitrogens with zero attached hydrogens (tertiary/aromatic N) is 1. The Morgan fingerprint density at radius 2 is 1.30 bits per heavy atom. The first kappa shape index (κ1) is 19.0. The average molecular weight is 357 g/mol.